The highest BCUT2D eigenvalue weighted by atomic mass is 79.9. The van der Waals surface area contributed by atoms with E-state index in [1.165, 1.54) is 6.20 Å². The average Bonchev–Trinajstić information content (AvgIpc) is 1.96. The minimum atomic E-state index is -0.903. The minimum Gasteiger partial charge on any atom is -0.481 e. The molecule has 0 fully saturated rings. The lowest BCUT2D eigenvalue weighted by molar-refractivity contribution is -0.136. The molecule has 1 aromatic heterocycles. The number of nitrogens with two attached hydrogens (primary N) is 1. The topological polar surface area (TPSA) is 76.2 Å². The normalized spacial score (nSPS) is 9.75. The third-order valence-electron chi connectivity index (χ3n) is 1.33. The van der Waals surface area contributed by atoms with Gasteiger partial charge in [0.05, 0.1) is 18.3 Å². The maximum atomic E-state index is 10.3. The Balaban J connectivity index is 2.97. The highest BCUT2D eigenvalue weighted by molar-refractivity contribution is 9.10. The molecule has 3 N–H and O–H groups in total. The summed E-state index contributed by atoms with van der Waals surface area (Å²) in [6, 6.07) is 1.60. The van der Waals surface area contributed by atoms with Crippen molar-refractivity contribution in [2.24, 2.45) is 0 Å². The first-order valence-electron chi connectivity index (χ1n) is 3.21. The van der Waals surface area contributed by atoms with Crippen LogP contribution in [0.4, 0.5) is 5.69 Å². The van der Waals surface area contributed by atoms with Crippen LogP contribution >= 0.6 is 15.9 Å². The minimum absolute atomic E-state index is 0.0764. The summed E-state index contributed by atoms with van der Waals surface area (Å²) in [5.41, 5.74) is 6.47. The molecule has 4 nitrogen and oxygen atoms in total. The van der Waals surface area contributed by atoms with E-state index in [4.69, 9.17) is 10.8 Å². The van der Waals surface area contributed by atoms with Gasteiger partial charge in [0, 0.05) is 0 Å². The zero-order valence-corrected chi connectivity index (χ0v) is 7.71. The fourth-order valence-corrected chi connectivity index (χ4v) is 1.17. The summed E-state index contributed by atoms with van der Waals surface area (Å²) >= 11 is 3.13. The first kappa shape index (κ1) is 8.99. The van der Waals surface area contributed by atoms with E-state index in [-0.39, 0.29) is 6.42 Å². The van der Waals surface area contributed by atoms with Gasteiger partial charge in [0.1, 0.15) is 4.60 Å². The molecule has 64 valence electrons. The maximum absolute atomic E-state index is 10.3. The van der Waals surface area contributed by atoms with Crippen molar-refractivity contribution in [1.29, 1.82) is 0 Å². The molecule has 0 saturated heterocycles. The molecule has 0 unspecified atom stereocenters. The summed E-state index contributed by atoms with van der Waals surface area (Å²) in [5, 5.41) is 8.49. The van der Waals surface area contributed by atoms with Gasteiger partial charge in [0.25, 0.3) is 0 Å². The van der Waals surface area contributed by atoms with Crippen LogP contribution in [0.5, 0.6) is 0 Å². The second kappa shape index (κ2) is 3.53. The molecule has 0 aliphatic rings. The highest BCUT2D eigenvalue weighted by Crippen LogP contribution is 2.15. The third kappa shape index (κ3) is 2.20. The van der Waals surface area contributed by atoms with E-state index in [0.29, 0.717) is 15.9 Å². The average molecular weight is 231 g/mol. The zero-order chi connectivity index (χ0) is 9.14. The van der Waals surface area contributed by atoms with Crippen molar-refractivity contribution >= 4 is 27.6 Å². The Labute approximate surface area is 77.5 Å². The van der Waals surface area contributed by atoms with Crippen LogP contribution in [-0.2, 0) is 11.2 Å². The van der Waals surface area contributed by atoms with E-state index in [2.05, 4.69) is 20.9 Å². The number of aromatic nitrogens is 1. The molecular weight excluding hydrogens is 224 g/mol. The number of pyridine rings is 1. The largest absolute Gasteiger partial charge is 0.481 e. The smallest absolute Gasteiger partial charge is 0.307 e. The molecule has 0 bridgehead atoms. The molecule has 0 amide bonds. The first-order valence-corrected chi connectivity index (χ1v) is 4.00. The van der Waals surface area contributed by atoms with Crippen LogP contribution < -0.4 is 5.73 Å². The van der Waals surface area contributed by atoms with Gasteiger partial charge in [-0.15, -0.1) is 0 Å². The van der Waals surface area contributed by atoms with Gasteiger partial charge in [-0.3, -0.25) is 4.79 Å². The summed E-state index contributed by atoms with van der Waals surface area (Å²) in [4.78, 5) is 14.2. The fraction of sp³-hybridized carbons (Fsp3) is 0.143. The maximum Gasteiger partial charge on any atom is 0.307 e. The lowest BCUT2D eigenvalue weighted by Gasteiger charge is -2.01. The Morgan fingerprint density at radius 3 is 3.00 bits per heavy atom. The van der Waals surface area contributed by atoms with Gasteiger partial charge in [-0.1, -0.05) is 0 Å². The monoisotopic (exact) mass is 230 g/mol. The van der Waals surface area contributed by atoms with E-state index in [1.807, 2.05) is 0 Å². The van der Waals surface area contributed by atoms with Gasteiger partial charge in [-0.05, 0) is 27.6 Å². The predicted octanol–water partition coefficient (Wildman–Crippen LogP) is 1.05. The van der Waals surface area contributed by atoms with Gasteiger partial charge in [0.15, 0.2) is 0 Å². The molecule has 0 aliphatic heterocycles. The van der Waals surface area contributed by atoms with Crippen LogP contribution in [0.2, 0.25) is 0 Å². The molecule has 0 aliphatic carbocycles. The summed E-state index contributed by atoms with van der Waals surface area (Å²) in [5.74, 6) is -0.903. The van der Waals surface area contributed by atoms with Crippen LogP contribution in [0.15, 0.2) is 16.9 Å². The zero-order valence-electron chi connectivity index (χ0n) is 6.12. The van der Waals surface area contributed by atoms with Crippen molar-refractivity contribution in [1.82, 2.24) is 4.98 Å². The second-order valence-corrected chi connectivity index (χ2v) is 3.09. The lowest BCUT2D eigenvalue weighted by Crippen LogP contribution is -2.04. The number of rotatable bonds is 2. The van der Waals surface area contributed by atoms with E-state index in [1.54, 1.807) is 6.07 Å². The summed E-state index contributed by atoms with van der Waals surface area (Å²) in [7, 11) is 0. The van der Waals surface area contributed by atoms with Crippen LogP contribution in [0, 0.1) is 0 Å². The van der Waals surface area contributed by atoms with Crippen molar-refractivity contribution in [2.45, 2.75) is 6.42 Å². The van der Waals surface area contributed by atoms with E-state index in [0.717, 1.165) is 0 Å². The number of nitrogen functional groups attached to an aromatic ring is 1. The van der Waals surface area contributed by atoms with Gasteiger partial charge in [-0.25, -0.2) is 4.98 Å². The molecule has 0 atom stereocenters. The molecule has 0 saturated carbocycles. The van der Waals surface area contributed by atoms with Crippen molar-refractivity contribution in [3.8, 4) is 0 Å². The van der Waals surface area contributed by atoms with Gasteiger partial charge >= 0.3 is 5.97 Å². The van der Waals surface area contributed by atoms with Gasteiger partial charge in [0.2, 0.25) is 0 Å². The summed E-state index contributed by atoms with van der Waals surface area (Å²) in [6.45, 7) is 0. The Kier molecular flexibility index (Phi) is 2.65. The third-order valence-corrected chi connectivity index (χ3v) is 1.77. The summed E-state index contributed by atoms with van der Waals surface area (Å²) in [6.07, 6.45) is 1.36. The Morgan fingerprint density at radius 1 is 1.75 bits per heavy atom. The van der Waals surface area contributed by atoms with Gasteiger partial charge < -0.3 is 10.8 Å². The number of nitrogens with zero attached hydrogens (tertiary/aromatic N) is 1. The molecule has 1 rings (SSSR count). The van der Waals surface area contributed by atoms with Crippen LogP contribution in [0.1, 0.15) is 5.56 Å². The van der Waals surface area contributed by atoms with E-state index >= 15 is 0 Å². The first-order chi connectivity index (χ1) is 5.59. The van der Waals surface area contributed by atoms with Gasteiger partial charge in [-0.2, -0.15) is 0 Å². The van der Waals surface area contributed by atoms with Crippen molar-refractivity contribution < 1.29 is 9.90 Å². The van der Waals surface area contributed by atoms with E-state index < -0.39 is 5.97 Å². The molecule has 5 heteroatoms. The second-order valence-electron chi connectivity index (χ2n) is 2.28. The molecule has 0 radical (unpaired) electrons. The van der Waals surface area contributed by atoms with Crippen LogP contribution in [0.25, 0.3) is 0 Å². The molecule has 0 spiro atoms. The summed E-state index contributed by atoms with van der Waals surface area (Å²) < 4.78 is 0.591. The molecule has 0 aromatic carbocycles. The number of hydrogen-bond donors (Lipinski definition) is 2. The Hall–Kier alpha value is -1.10. The Morgan fingerprint density at radius 2 is 2.42 bits per heavy atom. The number of hydrogen-bond acceptors (Lipinski definition) is 3. The number of halogens is 1. The molecule has 1 aromatic rings. The van der Waals surface area contributed by atoms with E-state index in [9.17, 15) is 4.79 Å². The molecule has 12 heavy (non-hydrogen) atoms. The standard InChI is InChI=1S/C7H7BrN2O2/c8-6-1-4(2-7(11)12)5(9)3-10-6/h1,3H,2,9H2,(H,11,12). The van der Waals surface area contributed by atoms with Crippen molar-refractivity contribution in [3.63, 3.8) is 0 Å². The SMILES string of the molecule is Nc1cnc(Br)cc1CC(=O)O. The number of aliphatic carboxylic acids is 1. The molecular formula is C7H7BrN2O2. The number of carboxylic acid groups (broad SMARTS) is 1. The fourth-order valence-electron chi connectivity index (χ4n) is 0.795. The number of anilines is 1. The van der Waals surface area contributed by atoms with Crippen molar-refractivity contribution in [3.05, 3.63) is 22.4 Å². The lowest BCUT2D eigenvalue weighted by atomic mass is 10.2. The van der Waals surface area contributed by atoms with Crippen LogP contribution in [0.3, 0.4) is 0 Å². The van der Waals surface area contributed by atoms with Crippen LogP contribution in [-0.4, -0.2) is 16.1 Å². The quantitative estimate of drug-likeness (QED) is 0.746. The highest BCUT2D eigenvalue weighted by Gasteiger charge is 2.05. The number of carboxylic acids is 1. The molecule has 1 heterocycles. The predicted molar refractivity (Wildman–Crippen MR) is 47.7 cm³/mol. The Bertz CT molecular complexity index is 314. The van der Waals surface area contributed by atoms with Crippen molar-refractivity contribution in [2.75, 3.05) is 5.73 Å². The number of carbonyl (C=O) groups is 1.